The Labute approximate surface area is 119 Å². The van der Waals surface area contributed by atoms with Crippen LogP contribution in [0.2, 0.25) is 0 Å². The largest absolute Gasteiger partial charge is 0.367 e. The highest BCUT2D eigenvalue weighted by atomic mass is 16.6. The van der Waals surface area contributed by atoms with E-state index in [1.165, 1.54) is 18.9 Å². The van der Waals surface area contributed by atoms with E-state index >= 15 is 0 Å². The van der Waals surface area contributed by atoms with Crippen molar-refractivity contribution in [2.45, 2.75) is 52.5 Å². The summed E-state index contributed by atoms with van der Waals surface area (Å²) in [7, 11) is 0. The Morgan fingerprint density at radius 2 is 1.95 bits per heavy atom. The Bertz CT molecular complexity index is 480. The van der Waals surface area contributed by atoms with E-state index in [0.717, 1.165) is 30.5 Å². The Morgan fingerprint density at radius 3 is 2.45 bits per heavy atom. The van der Waals surface area contributed by atoms with Crippen molar-refractivity contribution in [1.29, 1.82) is 0 Å². The summed E-state index contributed by atoms with van der Waals surface area (Å²) in [6.45, 7) is 6.26. The maximum atomic E-state index is 10.8. The lowest BCUT2D eigenvalue weighted by Crippen LogP contribution is -2.28. The third kappa shape index (κ3) is 3.46. The van der Waals surface area contributed by atoms with Crippen LogP contribution >= 0.6 is 0 Å². The minimum Gasteiger partial charge on any atom is -0.367 e. The van der Waals surface area contributed by atoms with Gasteiger partial charge in [-0.3, -0.25) is 10.1 Å². The predicted octanol–water partition coefficient (Wildman–Crippen LogP) is 3.92. The van der Waals surface area contributed by atoms with Crippen LogP contribution in [0.1, 0.15) is 45.2 Å². The number of pyridine rings is 1. The van der Waals surface area contributed by atoms with E-state index in [9.17, 15) is 10.1 Å². The first-order valence-electron chi connectivity index (χ1n) is 7.36. The second-order valence-corrected chi connectivity index (χ2v) is 6.06. The number of anilines is 1. The molecule has 1 aliphatic rings. The van der Waals surface area contributed by atoms with Crippen molar-refractivity contribution in [3.05, 3.63) is 27.9 Å². The highest BCUT2D eigenvalue weighted by molar-refractivity contribution is 5.45. The summed E-state index contributed by atoms with van der Waals surface area (Å²) in [5.41, 5.74) is 0.551. The monoisotopic (exact) mass is 277 g/mol. The summed E-state index contributed by atoms with van der Waals surface area (Å²) in [4.78, 5) is 14.7. The number of rotatable bonds is 4. The zero-order chi connectivity index (χ0) is 14.7. The van der Waals surface area contributed by atoms with Gasteiger partial charge in [-0.2, -0.15) is 0 Å². The summed E-state index contributed by atoms with van der Waals surface area (Å²) in [6.07, 6.45) is 4.81. The predicted molar refractivity (Wildman–Crippen MR) is 79.8 cm³/mol. The lowest BCUT2D eigenvalue weighted by Gasteiger charge is -2.31. The molecule has 5 nitrogen and oxygen atoms in total. The molecule has 0 radical (unpaired) electrons. The van der Waals surface area contributed by atoms with E-state index in [1.54, 1.807) is 13.0 Å². The Balaban J connectivity index is 1.95. The lowest BCUT2D eigenvalue weighted by molar-refractivity contribution is -0.385. The highest BCUT2D eigenvalue weighted by Gasteiger charge is 2.23. The average molecular weight is 277 g/mol. The van der Waals surface area contributed by atoms with Crippen LogP contribution in [0.3, 0.4) is 0 Å². The van der Waals surface area contributed by atoms with Gasteiger partial charge in [-0.15, -0.1) is 0 Å². The van der Waals surface area contributed by atoms with Gasteiger partial charge in [0.15, 0.2) is 0 Å². The molecule has 0 aromatic carbocycles. The van der Waals surface area contributed by atoms with Crippen LogP contribution in [0.4, 0.5) is 11.5 Å². The van der Waals surface area contributed by atoms with Gasteiger partial charge in [0.1, 0.15) is 11.5 Å². The van der Waals surface area contributed by atoms with Crippen molar-refractivity contribution in [2.75, 3.05) is 5.32 Å². The maximum Gasteiger partial charge on any atom is 0.290 e. The van der Waals surface area contributed by atoms with Crippen LogP contribution in [0.15, 0.2) is 12.1 Å². The Hall–Kier alpha value is -1.65. The second kappa shape index (κ2) is 6.20. The molecule has 0 amide bonds. The topological polar surface area (TPSA) is 68.1 Å². The minimum absolute atomic E-state index is 0.0825. The SMILES string of the molecule is Cc1nc(NC2CCC(C(C)C)CC2)ccc1[N+](=O)[O-]. The lowest BCUT2D eigenvalue weighted by atomic mass is 9.80. The number of nitrogens with one attached hydrogen (secondary N) is 1. The van der Waals surface area contributed by atoms with E-state index in [0.29, 0.717) is 11.7 Å². The van der Waals surface area contributed by atoms with E-state index < -0.39 is 0 Å². The standard InChI is InChI=1S/C15H23N3O2/c1-10(2)12-4-6-13(7-5-12)17-15-9-8-14(18(19)20)11(3)16-15/h8-10,12-13H,4-7H2,1-3H3,(H,16,17). The van der Waals surface area contributed by atoms with Gasteiger partial charge in [0, 0.05) is 12.1 Å². The zero-order valence-corrected chi connectivity index (χ0v) is 12.4. The molecule has 1 N–H and O–H groups in total. The molecule has 0 spiro atoms. The highest BCUT2D eigenvalue weighted by Crippen LogP contribution is 2.31. The fraction of sp³-hybridized carbons (Fsp3) is 0.667. The molecule has 1 fully saturated rings. The maximum absolute atomic E-state index is 10.8. The first-order valence-corrected chi connectivity index (χ1v) is 7.36. The van der Waals surface area contributed by atoms with Crippen LogP contribution < -0.4 is 5.32 Å². The number of hydrogen-bond donors (Lipinski definition) is 1. The molecule has 1 heterocycles. The van der Waals surface area contributed by atoms with Crippen molar-refractivity contribution >= 4 is 11.5 Å². The molecule has 1 aromatic rings. The summed E-state index contributed by atoms with van der Waals surface area (Å²) in [5.74, 6) is 2.34. The van der Waals surface area contributed by atoms with Crippen molar-refractivity contribution < 1.29 is 4.92 Å². The van der Waals surface area contributed by atoms with Gasteiger partial charge in [-0.1, -0.05) is 13.8 Å². The van der Waals surface area contributed by atoms with E-state index in [4.69, 9.17) is 0 Å². The quantitative estimate of drug-likeness (QED) is 0.669. The zero-order valence-electron chi connectivity index (χ0n) is 12.4. The van der Waals surface area contributed by atoms with E-state index in [-0.39, 0.29) is 10.6 Å². The van der Waals surface area contributed by atoms with Crippen molar-refractivity contribution in [3.63, 3.8) is 0 Å². The van der Waals surface area contributed by atoms with Crippen molar-refractivity contribution in [2.24, 2.45) is 11.8 Å². The van der Waals surface area contributed by atoms with Gasteiger partial charge >= 0.3 is 0 Å². The van der Waals surface area contributed by atoms with E-state index in [1.807, 2.05) is 0 Å². The van der Waals surface area contributed by atoms with Gasteiger partial charge in [-0.05, 0) is 50.5 Å². The molecule has 5 heteroatoms. The molecule has 20 heavy (non-hydrogen) atoms. The summed E-state index contributed by atoms with van der Waals surface area (Å²) < 4.78 is 0. The molecule has 0 atom stereocenters. The van der Waals surface area contributed by atoms with Crippen LogP contribution in [0, 0.1) is 28.9 Å². The van der Waals surface area contributed by atoms with Crippen LogP contribution in [0.5, 0.6) is 0 Å². The number of nitro groups is 1. The average Bonchev–Trinajstić information content (AvgIpc) is 2.39. The fourth-order valence-electron chi connectivity index (χ4n) is 2.97. The summed E-state index contributed by atoms with van der Waals surface area (Å²) in [6, 6.07) is 3.68. The molecule has 0 aliphatic heterocycles. The molecular formula is C15H23N3O2. The van der Waals surface area contributed by atoms with Gasteiger partial charge in [0.2, 0.25) is 0 Å². The Kier molecular flexibility index (Phi) is 4.57. The van der Waals surface area contributed by atoms with Crippen LogP contribution in [-0.2, 0) is 0 Å². The van der Waals surface area contributed by atoms with Crippen LogP contribution in [-0.4, -0.2) is 15.9 Å². The minimum atomic E-state index is -0.389. The van der Waals surface area contributed by atoms with Crippen molar-refractivity contribution in [1.82, 2.24) is 4.98 Å². The van der Waals surface area contributed by atoms with Gasteiger partial charge in [0.25, 0.3) is 5.69 Å². The molecule has 1 aliphatic carbocycles. The number of hydrogen-bond acceptors (Lipinski definition) is 4. The molecule has 2 rings (SSSR count). The van der Waals surface area contributed by atoms with E-state index in [2.05, 4.69) is 24.1 Å². The molecule has 0 bridgehead atoms. The fourth-order valence-corrected chi connectivity index (χ4v) is 2.97. The molecule has 0 saturated heterocycles. The van der Waals surface area contributed by atoms with Crippen molar-refractivity contribution in [3.8, 4) is 0 Å². The molecule has 110 valence electrons. The third-order valence-corrected chi connectivity index (χ3v) is 4.32. The van der Waals surface area contributed by atoms with Gasteiger partial charge in [-0.25, -0.2) is 4.98 Å². The second-order valence-electron chi connectivity index (χ2n) is 6.06. The van der Waals surface area contributed by atoms with Gasteiger partial charge in [0.05, 0.1) is 4.92 Å². The first kappa shape index (κ1) is 14.8. The number of nitrogens with zero attached hydrogens (tertiary/aromatic N) is 2. The number of aromatic nitrogens is 1. The first-order chi connectivity index (χ1) is 9.47. The summed E-state index contributed by atoms with van der Waals surface area (Å²) >= 11 is 0. The smallest absolute Gasteiger partial charge is 0.290 e. The summed E-state index contributed by atoms with van der Waals surface area (Å²) in [5, 5.41) is 14.2. The molecule has 0 unspecified atom stereocenters. The van der Waals surface area contributed by atoms with Gasteiger partial charge < -0.3 is 5.32 Å². The third-order valence-electron chi connectivity index (χ3n) is 4.32. The molecule has 1 saturated carbocycles. The normalized spacial score (nSPS) is 22.8. The van der Waals surface area contributed by atoms with Crippen LogP contribution in [0.25, 0.3) is 0 Å². The molecule has 1 aromatic heterocycles. The Morgan fingerprint density at radius 1 is 1.30 bits per heavy atom. The molecular weight excluding hydrogens is 254 g/mol. The number of aryl methyl sites for hydroxylation is 1.